The smallest absolute Gasteiger partial charge is 0.328 e. The fourth-order valence-corrected chi connectivity index (χ4v) is 2.24. The highest BCUT2D eigenvalue weighted by molar-refractivity contribution is 6.30. The fraction of sp³-hybridized carbons (Fsp3) is 0.105. The molecule has 3 rings (SSSR count). The maximum atomic E-state index is 5.87. The summed E-state index contributed by atoms with van der Waals surface area (Å²) < 4.78 is 16.1. The number of aromatic nitrogens is 2. The lowest BCUT2D eigenvalue weighted by Gasteiger charge is -2.09. The summed E-state index contributed by atoms with van der Waals surface area (Å²) >= 11 is 5.87. The van der Waals surface area contributed by atoms with E-state index < -0.39 is 0 Å². The number of nitrogens with one attached hydrogen (secondary N) is 1. The molecule has 0 aliphatic carbocycles. The van der Waals surface area contributed by atoms with Crippen LogP contribution in [-0.2, 0) is 0 Å². The van der Waals surface area contributed by atoms with E-state index in [1.807, 2.05) is 30.3 Å². The first kappa shape index (κ1) is 18.5. The molecule has 0 saturated heterocycles. The monoisotopic (exact) mass is 384 g/mol. The van der Waals surface area contributed by atoms with Gasteiger partial charge in [-0.1, -0.05) is 23.7 Å². The molecular weight excluding hydrogens is 368 g/mol. The molecule has 0 aliphatic rings. The Balaban J connectivity index is 1.77. The van der Waals surface area contributed by atoms with Gasteiger partial charge in [-0.2, -0.15) is 15.1 Å². The van der Waals surface area contributed by atoms with Crippen molar-refractivity contribution in [2.24, 2.45) is 5.10 Å². The van der Waals surface area contributed by atoms with Gasteiger partial charge >= 0.3 is 6.01 Å². The number of rotatable bonds is 7. The van der Waals surface area contributed by atoms with E-state index in [0.717, 1.165) is 11.3 Å². The largest absolute Gasteiger partial charge is 0.481 e. The van der Waals surface area contributed by atoms with E-state index in [1.54, 1.807) is 30.5 Å². The zero-order valence-electron chi connectivity index (χ0n) is 14.7. The van der Waals surface area contributed by atoms with E-state index in [4.69, 9.17) is 25.8 Å². The standard InChI is InChI=1S/C19H17ClN4O3/c1-25-17-11-18(26-2)23-19(22-17)27-16-6-4-3-5-13(16)12-21-24-15-9-7-14(20)8-10-15/h3-12,24H,1-2H3. The minimum atomic E-state index is 0.109. The molecule has 3 aromatic rings. The first-order valence-corrected chi connectivity index (χ1v) is 8.34. The average molecular weight is 385 g/mol. The number of ether oxygens (including phenoxy) is 3. The molecular formula is C19H17ClN4O3. The molecule has 8 heteroatoms. The van der Waals surface area contributed by atoms with Gasteiger partial charge in [-0.3, -0.25) is 5.43 Å². The molecule has 1 aromatic heterocycles. The number of hydrogen-bond acceptors (Lipinski definition) is 7. The van der Waals surface area contributed by atoms with Crippen molar-refractivity contribution in [3.8, 4) is 23.5 Å². The Bertz CT molecular complexity index is 910. The van der Waals surface area contributed by atoms with Crippen LogP contribution in [-0.4, -0.2) is 30.4 Å². The van der Waals surface area contributed by atoms with E-state index in [0.29, 0.717) is 22.5 Å². The predicted octanol–water partition coefficient (Wildman–Crippen LogP) is 4.39. The zero-order chi connectivity index (χ0) is 19.1. The van der Waals surface area contributed by atoms with Gasteiger partial charge in [-0.25, -0.2) is 0 Å². The molecule has 138 valence electrons. The molecule has 7 nitrogen and oxygen atoms in total. The van der Waals surface area contributed by atoms with Gasteiger partial charge < -0.3 is 14.2 Å². The molecule has 1 heterocycles. The number of anilines is 1. The third kappa shape index (κ3) is 5.08. The number of halogens is 1. The molecule has 0 radical (unpaired) electrons. The Morgan fingerprint density at radius 2 is 1.63 bits per heavy atom. The number of hydrazone groups is 1. The van der Waals surface area contributed by atoms with Crippen LogP contribution in [0.15, 0.2) is 59.7 Å². The number of methoxy groups -OCH3 is 2. The SMILES string of the molecule is COc1cc(OC)nc(Oc2ccccc2C=NNc2ccc(Cl)cc2)n1. The second kappa shape index (κ2) is 8.86. The molecule has 0 spiro atoms. The van der Waals surface area contributed by atoms with Crippen LogP contribution < -0.4 is 19.6 Å². The maximum absolute atomic E-state index is 5.87. The summed E-state index contributed by atoms with van der Waals surface area (Å²) in [5.41, 5.74) is 4.49. The van der Waals surface area contributed by atoms with Crippen LogP contribution in [0.3, 0.4) is 0 Å². The van der Waals surface area contributed by atoms with Crippen molar-refractivity contribution in [3.63, 3.8) is 0 Å². The molecule has 0 amide bonds. The van der Waals surface area contributed by atoms with Crippen molar-refractivity contribution in [1.29, 1.82) is 0 Å². The molecule has 2 aromatic carbocycles. The van der Waals surface area contributed by atoms with Crippen molar-refractivity contribution in [1.82, 2.24) is 9.97 Å². The van der Waals surface area contributed by atoms with Crippen molar-refractivity contribution in [3.05, 3.63) is 65.2 Å². The normalized spacial score (nSPS) is 10.6. The van der Waals surface area contributed by atoms with Crippen molar-refractivity contribution >= 4 is 23.5 Å². The number of nitrogens with zero attached hydrogens (tertiary/aromatic N) is 3. The van der Waals surface area contributed by atoms with Crippen LogP contribution in [0.5, 0.6) is 23.5 Å². The quantitative estimate of drug-likeness (QED) is 0.481. The Morgan fingerprint density at radius 1 is 0.963 bits per heavy atom. The average Bonchev–Trinajstić information content (AvgIpc) is 2.70. The third-order valence-corrected chi connectivity index (χ3v) is 3.69. The number of benzene rings is 2. The van der Waals surface area contributed by atoms with Gasteiger partial charge in [0, 0.05) is 10.6 Å². The molecule has 0 bridgehead atoms. The minimum absolute atomic E-state index is 0.109. The van der Waals surface area contributed by atoms with E-state index in [2.05, 4.69) is 20.5 Å². The van der Waals surface area contributed by atoms with E-state index in [1.165, 1.54) is 14.2 Å². The molecule has 1 N–H and O–H groups in total. The highest BCUT2D eigenvalue weighted by Gasteiger charge is 2.09. The summed E-state index contributed by atoms with van der Waals surface area (Å²) in [5.74, 6) is 1.22. The Hall–Kier alpha value is -3.32. The van der Waals surface area contributed by atoms with Crippen molar-refractivity contribution in [2.75, 3.05) is 19.6 Å². The lowest BCUT2D eigenvalue weighted by Crippen LogP contribution is -1.99. The number of hydrogen-bond donors (Lipinski definition) is 1. The van der Waals surface area contributed by atoms with E-state index in [9.17, 15) is 0 Å². The van der Waals surface area contributed by atoms with E-state index in [-0.39, 0.29) is 6.01 Å². The Labute approximate surface area is 161 Å². The van der Waals surface area contributed by atoms with Gasteiger partial charge in [0.05, 0.1) is 32.2 Å². The van der Waals surface area contributed by atoms with Crippen molar-refractivity contribution in [2.45, 2.75) is 0 Å². The summed E-state index contributed by atoms with van der Waals surface area (Å²) in [6.45, 7) is 0. The first-order valence-electron chi connectivity index (χ1n) is 7.96. The van der Waals surface area contributed by atoms with Crippen LogP contribution in [0.4, 0.5) is 5.69 Å². The fourth-order valence-electron chi connectivity index (χ4n) is 2.12. The lowest BCUT2D eigenvalue weighted by atomic mass is 10.2. The summed E-state index contributed by atoms with van der Waals surface area (Å²) in [6.07, 6.45) is 1.64. The third-order valence-electron chi connectivity index (χ3n) is 3.44. The van der Waals surface area contributed by atoms with Gasteiger partial charge in [0.15, 0.2) is 0 Å². The lowest BCUT2D eigenvalue weighted by molar-refractivity contribution is 0.348. The second-order valence-corrected chi connectivity index (χ2v) is 5.69. The van der Waals surface area contributed by atoms with Crippen LogP contribution in [0, 0.1) is 0 Å². The van der Waals surface area contributed by atoms with Gasteiger partial charge in [-0.05, 0) is 36.4 Å². The minimum Gasteiger partial charge on any atom is -0.481 e. The Kier molecular flexibility index (Phi) is 6.06. The molecule has 0 aliphatic heterocycles. The summed E-state index contributed by atoms with van der Waals surface area (Å²) in [6, 6.07) is 16.3. The van der Waals surface area contributed by atoms with Crippen LogP contribution in [0.25, 0.3) is 0 Å². The topological polar surface area (TPSA) is 77.9 Å². The zero-order valence-corrected chi connectivity index (χ0v) is 15.5. The van der Waals surface area contributed by atoms with Crippen LogP contribution in [0.2, 0.25) is 5.02 Å². The van der Waals surface area contributed by atoms with Gasteiger partial charge in [0.25, 0.3) is 0 Å². The van der Waals surface area contributed by atoms with Crippen LogP contribution >= 0.6 is 11.6 Å². The Morgan fingerprint density at radius 3 is 2.30 bits per heavy atom. The molecule has 0 saturated carbocycles. The molecule has 0 unspecified atom stereocenters. The van der Waals surface area contributed by atoms with Crippen LogP contribution in [0.1, 0.15) is 5.56 Å². The van der Waals surface area contributed by atoms with Gasteiger partial charge in [-0.15, -0.1) is 0 Å². The summed E-state index contributed by atoms with van der Waals surface area (Å²) in [7, 11) is 3.02. The highest BCUT2D eigenvalue weighted by Crippen LogP contribution is 2.25. The number of para-hydroxylation sites is 1. The highest BCUT2D eigenvalue weighted by atomic mass is 35.5. The molecule has 0 atom stereocenters. The van der Waals surface area contributed by atoms with Gasteiger partial charge in [0.1, 0.15) is 5.75 Å². The maximum Gasteiger partial charge on any atom is 0.328 e. The summed E-state index contributed by atoms with van der Waals surface area (Å²) in [4.78, 5) is 8.33. The molecule has 27 heavy (non-hydrogen) atoms. The first-order chi connectivity index (χ1) is 13.2. The molecule has 0 fully saturated rings. The summed E-state index contributed by atoms with van der Waals surface area (Å²) in [5, 5.41) is 4.89. The van der Waals surface area contributed by atoms with Gasteiger partial charge in [0.2, 0.25) is 11.8 Å². The van der Waals surface area contributed by atoms with Crippen molar-refractivity contribution < 1.29 is 14.2 Å². The predicted molar refractivity (Wildman–Crippen MR) is 104 cm³/mol. The second-order valence-electron chi connectivity index (χ2n) is 5.25. The van der Waals surface area contributed by atoms with E-state index >= 15 is 0 Å².